The first kappa shape index (κ1) is 15.0. The molecule has 0 radical (unpaired) electrons. The van der Waals surface area contributed by atoms with Gasteiger partial charge < -0.3 is 10.5 Å². The Labute approximate surface area is 125 Å². The Hall–Kier alpha value is -2.36. The molecule has 1 aromatic carbocycles. The molecule has 0 bridgehead atoms. The Kier molecular flexibility index (Phi) is 4.93. The average Bonchev–Trinajstić information content (AvgIpc) is 2.46. The summed E-state index contributed by atoms with van der Waals surface area (Å²) in [5, 5.41) is 7.58. The van der Waals surface area contributed by atoms with E-state index in [1.807, 2.05) is 25.1 Å². The maximum Gasteiger partial charge on any atom is 0.230 e. The van der Waals surface area contributed by atoms with E-state index < -0.39 is 0 Å². The van der Waals surface area contributed by atoms with Gasteiger partial charge in [0, 0.05) is 5.69 Å². The Morgan fingerprint density at radius 3 is 2.52 bits per heavy atom. The molecule has 0 aliphatic heterocycles. The van der Waals surface area contributed by atoms with Crippen molar-refractivity contribution in [3.63, 3.8) is 0 Å². The highest BCUT2D eigenvalue weighted by atomic mass is 16.5. The van der Waals surface area contributed by atoms with Crippen molar-refractivity contribution in [1.82, 2.24) is 4.98 Å². The van der Waals surface area contributed by atoms with E-state index in [1.165, 1.54) is 18.4 Å². The Bertz CT molecular complexity index is 620. The van der Waals surface area contributed by atoms with Crippen LogP contribution in [0.3, 0.4) is 0 Å². The molecule has 4 nitrogen and oxygen atoms in total. The summed E-state index contributed by atoms with van der Waals surface area (Å²) >= 11 is 0. The molecule has 0 amide bonds. The van der Waals surface area contributed by atoms with Crippen LogP contribution in [0.2, 0.25) is 0 Å². The number of nitrogens with two attached hydrogens (primary N) is 1. The zero-order chi connectivity index (χ0) is 15.2. The molecule has 0 saturated heterocycles. The van der Waals surface area contributed by atoms with E-state index in [0.717, 1.165) is 12.1 Å². The topological polar surface area (TPSA) is 72.0 Å². The van der Waals surface area contributed by atoms with Gasteiger partial charge in [0.05, 0.1) is 5.56 Å². The van der Waals surface area contributed by atoms with Crippen LogP contribution in [-0.4, -0.2) is 10.8 Å². The Morgan fingerprint density at radius 2 is 1.90 bits per heavy atom. The number of aromatic nitrogens is 1. The second kappa shape index (κ2) is 6.88. The molecule has 4 heteroatoms. The smallest absolute Gasteiger partial charge is 0.230 e. The van der Waals surface area contributed by atoms with E-state index >= 15 is 0 Å². The van der Waals surface area contributed by atoms with Crippen LogP contribution in [0.1, 0.15) is 36.6 Å². The third kappa shape index (κ3) is 4.05. The molecule has 0 atom stereocenters. The van der Waals surface area contributed by atoms with Crippen LogP contribution in [0.15, 0.2) is 36.4 Å². The minimum Gasteiger partial charge on any atom is -0.438 e. The third-order valence-corrected chi connectivity index (χ3v) is 3.25. The van der Waals surface area contributed by atoms with Crippen molar-refractivity contribution in [2.45, 2.75) is 33.1 Å². The van der Waals surface area contributed by atoms with E-state index in [4.69, 9.17) is 15.9 Å². The minimum absolute atomic E-state index is 0.0444. The van der Waals surface area contributed by atoms with Crippen LogP contribution in [0.25, 0.3) is 0 Å². The highest BCUT2D eigenvalue weighted by molar-refractivity contribution is 5.97. The first-order valence-electron chi connectivity index (χ1n) is 7.19. The summed E-state index contributed by atoms with van der Waals surface area (Å²) in [6.45, 7) is 4.06. The number of benzene rings is 1. The SMILES string of the molecule is CCCCc1ccc(Oc2nc(C)ccc2C(=N)N)cc1. The van der Waals surface area contributed by atoms with E-state index in [2.05, 4.69) is 24.0 Å². The lowest BCUT2D eigenvalue weighted by molar-refractivity contribution is 0.460. The summed E-state index contributed by atoms with van der Waals surface area (Å²) in [4.78, 5) is 4.32. The van der Waals surface area contributed by atoms with Gasteiger partial charge in [-0.3, -0.25) is 5.41 Å². The van der Waals surface area contributed by atoms with Crippen molar-refractivity contribution >= 4 is 5.84 Å². The normalized spacial score (nSPS) is 10.4. The van der Waals surface area contributed by atoms with Crippen LogP contribution in [0.4, 0.5) is 0 Å². The summed E-state index contributed by atoms with van der Waals surface area (Å²) < 4.78 is 5.78. The van der Waals surface area contributed by atoms with Gasteiger partial charge in [-0.05, 0) is 49.6 Å². The number of unbranched alkanes of at least 4 members (excludes halogenated alkanes) is 1. The number of amidine groups is 1. The molecule has 3 N–H and O–H groups in total. The predicted octanol–water partition coefficient (Wildman–Crippen LogP) is 3.81. The lowest BCUT2D eigenvalue weighted by Crippen LogP contribution is -2.13. The van der Waals surface area contributed by atoms with Crippen LogP contribution in [0, 0.1) is 12.3 Å². The second-order valence-corrected chi connectivity index (χ2v) is 5.07. The first-order valence-corrected chi connectivity index (χ1v) is 7.19. The zero-order valence-electron chi connectivity index (χ0n) is 12.5. The van der Waals surface area contributed by atoms with Gasteiger partial charge in [0.1, 0.15) is 11.6 Å². The number of ether oxygens (including phenoxy) is 1. The van der Waals surface area contributed by atoms with E-state index in [-0.39, 0.29) is 5.84 Å². The highest BCUT2D eigenvalue weighted by Crippen LogP contribution is 2.24. The van der Waals surface area contributed by atoms with Gasteiger partial charge in [0.25, 0.3) is 0 Å². The van der Waals surface area contributed by atoms with Gasteiger partial charge >= 0.3 is 0 Å². The number of aryl methyl sites for hydroxylation is 2. The molecular formula is C17H21N3O. The van der Waals surface area contributed by atoms with Crippen molar-refractivity contribution in [2.75, 3.05) is 0 Å². The molecule has 1 heterocycles. The molecule has 110 valence electrons. The van der Waals surface area contributed by atoms with E-state index in [9.17, 15) is 0 Å². The maximum atomic E-state index is 7.58. The second-order valence-electron chi connectivity index (χ2n) is 5.07. The fourth-order valence-corrected chi connectivity index (χ4v) is 2.03. The molecule has 21 heavy (non-hydrogen) atoms. The van der Waals surface area contributed by atoms with E-state index in [0.29, 0.717) is 17.2 Å². The molecule has 0 fully saturated rings. The van der Waals surface area contributed by atoms with Crippen LogP contribution < -0.4 is 10.5 Å². The summed E-state index contributed by atoms with van der Waals surface area (Å²) in [5.74, 6) is 1.04. The molecule has 2 rings (SSSR count). The summed E-state index contributed by atoms with van der Waals surface area (Å²) in [7, 11) is 0. The number of nitrogens with one attached hydrogen (secondary N) is 1. The molecule has 2 aromatic rings. The van der Waals surface area contributed by atoms with Gasteiger partial charge in [-0.15, -0.1) is 0 Å². The lowest BCUT2D eigenvalue weighted by Gasteiger charge is -2.10. The van der Waals surface area contributed by atoms with Gasteiger partial charge in [-0.25, -0.2) is 4.98 Å². The van der Waals surface area contributed by atoms with Crippen LogP contribution in [-0.2, 0) is 6.42 Å². The van der Waals surface area contributed by atoms with E-state index in [1.54, 1.807) is 6.07 Å². The van der Waals surface area contributed by atoms with Gasteiger partial charge in [-0.1, -0.05) is 25.5 Å². The fraction of sp³-hybridized carbons (Fsp3) is 0.294. The van der Waals surface area contributed by atoms with Crippen LogP contribution in [0.5, 0.6) is 11.6 Å². The number of pyridine rings is 1. The van der Waals surface area contributed by atoms with Gasteiger partial charge in [0.2, 0.25) is 5.88 Å². The number of hydrogen-bond acceptors (Lipinski definition) is 3. The highest BCUT2D eigenvalue weighted by Gasteiger charge is 2.10. The van der Waals surface area contributed by atoms with Crippen molar-refractivity contribution in [3.05, 3.63) is 53.2 Å². The zero-order valence-corrected chi connectivity index (χ0v) is 12.5. The number of rotatable bonds is 6. The molecule has 0 spiro atoms. The molecule has 1 aromatic heterocycles. The summed E-state index contributed by atoms with van der Waals surface area (Å²) in [6.07, 6.45) is 3.46. The monoisotopic (exact) mass is 283 g/mol. The largest absolute Gasteiger partial charge is 0.438 e. The number of hydrogen-bond donors (Lipinski definition) is 2. The van der Waals surface area contributed by atoms with Crippen molar-refractivity contribution in [2.24, 2.45) is 5.73 Å². The number of nitrogens with zero attached hydrogens (tertiary/aromatic N) is 1. The summed E-state index contributed by atoms with van der Waals surface area (Å²) in [5.41, 5.74) is 8.20. The average molecular weight is 283 g/mol. The molecule has 0 aliphatic rings. The fourth-order valence-electron chi connectivity index (χ4n) is 2.03. The standard InChI is InChI=1S/C17H21N3O/c1-3-4-5-13-7-9-14(10-8-13)21-17-15(16(18)19)11-6-12(2)20-17/h6-11H,3-5H2,1-2H3,(H3,18,19). The quantitative estimate of drug-likeness (QED) is 0.625. The van der Waals surface area contributed by atoms with Crippen molar-refractivity contribution in [3.8, 4) is 11.6 Å². The molecule has 0 unspecified atom stereocenters. The third-order valence-electron chi connectivity index (χ3n) is 3.25. The molecule has 0 aliphatic carbocycles. The lowest BCUT2D eigenvalue weighted by atomic mass is 10.1. The maximum absolute atomic E-state index is 7.58. The number of nitrogen functional groups attached to an aromatic ring is 1. The summed E-state index contributed by atoms with van der Waals surface area (Å²) in [6, 6.07) is 11.6. The van der Waals surface area contributed by atoms with Gasteiger partial charge in [0.15, 0.2) is 0 Å². The Balaban J connectivity index is 2.18. The van der Waals surface area contributed by atoms with Gasteiger partial charge in [-0.2, -0.15) is 0 Å². The molecule has 0 saturated carbocycles. The first-order chi connectivity index (χ1) is 10.1. The Morgan fingerprint density at radius 1 is 1.19 bits per heavy atom. The predicted molar refractivity (Wildman–Crippen MR) is 85.1 cm³/mol. The van der Waals surface area contributed by atoms with Crippen molar-refractivity contribution < 1.29 is 4.74 Å². The van der Waals surface area contributed by atoms with Crippen molar-refractivity contribution in [1.29, 1.82) is 5.41 Å². The molecular weight excluding hydrogens is 262 g/mol. The van der Waals surface area contributed by atoms with Crippen LogP contribution >= 0.6 is 0 Å². The minimum atomic E-state index is -0.0444.